The Morgan fingerprint density at radius 1 is 1.12 bits per heavy atom. The molecule has 168 valence electrons. The third-order valence-electron chi connectivity index (χ3n) is 5.95. The van der Waals surface area contributed by atoms with Gasteiger partial charge >= 0.3 is 5.97 Å². The van der Waals surface area contributed by atoms with Crippen LogP contribution < -0.4 is 5.32 Å². The van der Waals surface area contributed by atoms with Gasteiger partial charge < -0.3 is 4.74 Å². The number of benzene rings is 2. The molecule has 2 unspecified atom stereocenters. The molecule has 2 atom stereocenters. The first-order valence-electron chi connectivity index (χ1n) is 10.0. The normalized spacial score (nSPS) is 23.9. The summed E-state index contributed by atoms with van der Waals surface area (Å²) in [5.41, 5.74) is -0.853. The first kappa shape index (κ1) is 22.4. The van der Waals surface area contributed by atoms with E-state index in [0.717, 1.165) is 17.0 Å². The number of imide groups is 1. The van der Waals surface area contributed by atoms with Crippen molar-refractivity contribution in [3.63, 3.8) is 0 Å². The smallest absolute Gasteiger partial charge is 0.321 e. The van der Waals surface area contributed by atoms with Crippen molar-refractivity contribution in [3.05, 3.63) is 64.7 Å². The molecule has 0 radical (unpaired) electrons. The number of fused-ring (bicyclic) bond motifs is 2. The number of hydrogen-bond acceptors (Lipinski definition) is 6. The van der Waals surface area contributed by atoms with Crippen LogP contribution in [0.15, 0.2) is 53.4 Å². The van der Waals surface area contributed by atoms with E-state index in [0.29, 0.717) is 24.3 Å². The molecule has 1 saturated heterocycles. The maximum Gasteiger partial charge on any atom is 0.321 e. The highest BCUT2D eigenvalue weighted by molar-refractivity contribution is 7.89. The molecule has 0 aromatic heterocycles. The van der Waals surface area contributed by atoms with Crippen molar-refractivity contribution in [2.45, 2.75) is 29.7 Å². The van der Waals surface area contributed by atoms with Crippen molar-refractivity contribution < 1.29 is 27.5 Å². The summed E-state index contributed by atoms with van der Waals surface area (Å²) in [5.74, 6) is -4.31. The Labute approximate surface area is 190 Å². The van der Waals surface area contributed by atoms with Crippen molar-refractivity contribution in [2.75, 3.05) is 13.7 Å². The molecule has 32 heavy (non-hydrogen) atoms. The zero-order valence-corrected chi connectivity index (χ0v) is 18.8. The second kappa shape index (κ2) is 8.31. The Morgan fingerprint density at radius 2 is 1.81 bits per heavy atom. The van der Waals surface area contributed by atoms with Gasteiger partial charge in [-0.25, -0.2) is 8.42 Å². The van der Waals surface area contributed by atoms with E-state index < -0.39 is 39.3 Å². The van der Waals surface area contributed by atoms with Gasteiger partial charge in [-0.1, -0.05) is 41.9 Å². The van der Waals surface area contributed by atoms with Crippen LogP contribution in [0.1, 0.15) is 24.0 Å². The molecule has 2 aromatic rings. The number of halogens is 1. The number of esters is 1. The summed E-state index contributed by atoms with van der Waals surface area (Å²) in [7, 11) is -3.03. The summed E-state index contributed by atoms with van der Waals surface area (Å²) in [6.07, 6.45) is 1.71. The molecule has 2 aliphatic rings. The van der Waals surface area contributed by atoms with Crippen LogP contribution in [0.25, 0.3) is 0 Å². The molecular weight excluding hydrogens is 456 g/mol. The number of carbonyl (C=O) groups excluding carboxylic acids is 3. The fraction of sp³-hybridized carbons (Fsp3) is 0.318. The number of carbonyl (C=O) groups is 3. The highest BCUT2D eigenvalue weighted by Crippen LogP contribution is 2.51. The number of ether oxygens (including phenoxy) is 1. The molecule has 8 nitrogen and oxygen atoms in total. The molecule has 0 bridgehead atoms. The highest BCUT2D eigenvalue weighted by atomic mass is 35.5. The number of methoxy groups -OCH3 is 1. The SMILES string of the molecule is COC(=O)C1C(=O)NC(=O)C12c1ccccc1S(=O)(=O)N2CCCCc1ccc(Cl)cc1. The van der Waals surface area contributed by atoms with E-state index in [2.05, 4.69) is 5.32 Å². The van der Waals surface area contributed by atoms with Gasteiger partial charge in [0.25, 0.3) is 5.91 Å². The van der Waals surface area contributed by atoms with Gasteiger partial charge in [0.05, 0.1) is 12.0 Å². The third-order valence-corrected chi connectivity index (χ3v) is 8.16. The number of aryl methyl sites for hydroxylation is 1. The van der Waals surface area contributed by atoms with E-state index in [-0.39, 0.29) is 17.0 Å². The minimum atomic E-state index is -4.12. The molecule has 1 spiro atoms. The molecule has 2 aliphatic heterocycles. The van der Waals surface area contributed by atoms with Gasteiger partial charge in [0.15, 0.2) is 11.5 Å². The zero-order chi connectivity index (χ0) is 23.1. The number of hydrogen-bond donors (Lipinski definition) is 1. The van der Waals surface area contributed by atoms with E-state index in [1.54, 1.807) is 18.2 Å². The molecule has 1 N–H and O–H groups in total. The summed E-state index contributed by atoms with van der Waals surface area (Å²) < 4.78 is 32.6. The monoisotopic (exact) mass is 476 g/mol. The van der Waals surface area contributed by atoms with Gasteiger partial charge in [0, 0.05) is 17.1 Å². The number of unbranched alkanes of at least 4 members (excludes halogenated alkanes) is 1. The number of sulfonamides is 1. The van der Waals surface area contributed by atoms with Crippen molar-refractivity contribution in [3.8, 4) is 0 Å². The van der Waals surface area contributed by atoms with Crippen LogP contribution >= 0.6 is 11.6 Å². The molecule has 2 amide bonds. The van der Waals surface area contributed by atoms with Crippen LogP contribution in [0.2, 0.25) is 5.02 Å². The van der Waals surface area contributed by atoms with E-state index in [1.165, 1.54) is 18.2 Å². The lowest BCUT2D eigenvalue weighted by atomic mass is 9.79. The van der Waals surface area contributed by atoms with Crippen LogP contribution in [0.3, 0.4) is 0 Å². The minimum absolute atomic E-state index is 0.0429. The van der Waals surface area contributed by atoms with E-state index in [1.807, 2.05) is 12.1 Å². The quantitative estimate of drug-likeness (QED) is 0.295. The van der Waals surface area contributed by atoms with Gasteiger partial charge in [0.2, 0.25) is 15.9 Å². The average Bonchev–Trinajstić information content (AvgIpc) is 3.14. The van der Waals surface area contributed by atoms with Crippen molar-refractivity contribution in [1.29, 1.82) is 0 Å². The summed E-state index contributed by atoms with van der Waals surface area (Å²) in [4.78, 5) is 38.2. The van der Waals surface area contributed by atoms with Crippen molar-refractivity contribution in [2.24, 2.45) is 5.92 Å². The Bertz CT molecular complexity index is 1200. The standard InChI is InChI=1S/C22H21ClN2O6S/c1-31-20(27)18-19(26)24-21(28)22(18)16-7-2-3-8-17(16)32(29,30)25(22)13-5-4-6-14-9-11-15(23)12-10-14/h2-3,7-12,18H,4-6,13H2,1H3,(H,24,26,28). The molecular formula is C22H21ClN2O6S. The number of nitrogens with one attached hydrogen (secondary N) is 1. The summed E-state index contributed by atoms with van der Waals surface area (Å²) in [6, 6.07) is 13.3. The average molecular weight is 477 g/mol. The molecule has 1 fully saturated rings. The first-order chi connectivity index (χ1) is 15.2. The number of rotatable bonds is 6. The van der Waals surface area contributed by atoms with Crippen LogP contribution in [0.4, 0.5) is 0 Å². The summed E-state index contributed by atoms with van der Waals surface area (Å²) in [6.45, 7) is -0.0429. The first-order valence-corrected chi connectivity index (χ1v) is 11.9. The van der Waals surface area contributed by atoms with Crippen molar-refractivity contribution >= 4 is 39.4 Å². The lowest BCUT2D eigenvalue weighted by Crippen LogP contribution is -2.55. The molecule has 2 heterocycles. The summed E-state index contributed by atoms with van der Waals surface area (Å²) in [5, 5.41) is 2.77. The van der Waals surface area contributed by atoms with E-state index in [9.17, 15) is 22.8 Å². The maximum atomic E-state index is 13.4. The predicted molar refractivity (Wildman–Crippen MR) is 115 cm³/mol. The van der Waals surface area contributed by atoms with Gasteiger partial charge in [-0.05, 0) is 43.0 Å². The Hall–Kier alpha value is -2.75. The zero-order valence-electron chi connectivity index (χ0n) is 17.2. The van der Waals surface area contributed by atoms with E-state index >= 15 is 0 Å². The van der Waals surface area contributed by atoms with Gasteiger partial charge in [-0.2, -0.15) is 4.31 Å². The molecule has 4 rings (SSSR count). The molecule has 0 saturated carbocycles. The Balaban J connectivity index is 1.69. The predicted octanol–water partition coefficient (Wildman–Crippen LogP) is 2.01. The second-order valence-corrected chi connectivity index (χ2v) is 9.97. The number of nitrogens with zero attached hydrogens (tertiary/aromatic N) is 1. The maximum absolute atomic E-state index is 13.4. The van der Waals surface area contributed by atoms with Crippen molar-refractivity contribution in [1.82, 2.24) is 9.62 Å². The lowest BCUT2D eigenvalue weighted by molar-refractivity contribution is -0.154. The molecule has 0 aliphatic carbocycles. The number of amides is 2. The van der Waals surface area contributed by atoms with Gasteiger partial charge in [-0.15, -0.1) is 0 Å². The summed E-state index contributed by atoms with van der Waals surface area (Å²) >= 11 is 5.90. The molecule has 2 aromatic carbocycles. The Morgan fingerprint density at radius 3 is 2.50 bits per heavy atom. The van der Waals surface area contributed by atoms with Gasteiger partial charge in [0.1, 0.15) is 0 Å². The van der Waals surface area contributed by atoms with Gasteiger partial charge in [-0.3, -0.25) is 19.7 Å². The van der Waals surface area contributed by atoms with Crippen LogP contribution in [-0.4, -0.2) is 44.2 Å². The molecule has 10 heteroatoms. The second-order valence-electron chi connectivity index (χ2n) is 7.70. The van der Waals surface area contributed by atoms with Crippen LogP contribution in [0.5, 0.6) is 0 Å². The fourth-order valence-electron chi connectivity index (χ4n) is 4.51. The fourth-order valence-corrected chi connectivity index (χ4v) is 6.66. The minimum Gasteiger partial charge on any atom is -0.468 e. The third kappa shape index (κ3) is 3.32. The largest absolute Gasteiger partial charge is 0.468 e. The van der Waals surface area contributed by atoms with Crippen LogP contribution in [0, 0.1) is 5.92 Å². The Kier molecular flexibility index (Phi) is 5.83. The van der Waals surface area contributed by atoms with Crippen LogP contribution in [-0.2, 0) is 41.1 Å². The van der Waals surface area contributed by atoms with E-state index in [4.69, 9.17) is 16.3 Å². The topological polar surface area (TPSA) is 110 Å². The highest BCUT2D eigenvalue weighted by Gasteiger charge is 2.70. The lowest BCUT2D eigenvalue weighted by Gasteiger charge is -2.34.